The molecule has 1 aromatic rings. The van der Waals surface area contributed by atoms with Crippen molar-refractivity contribution in [3.05, 3.63) is 51.4 Å². The molecule has 0 saturated heterocycles. The van der Waals surface area contributed by atoms with Gasteiger partial charge >= 0.3 is 0 Å². The van der Waals surface area contributed by atoms with Crippen LogP contribution in [-0.2, 0) is 14.6 Å². The van der Waals surface area contributed by atoms with Gasteiger partial charge in [0.25, 0.3) is 0 Å². The average Bonchev–Trinajstić information content (AvgIpc) is 2.63. The van der Waals surface area contributed by atoms with Crippen molar-refractivity contribution in [1.29, 1.82) is 0 Å². The monoisotopic (exact) mass is 337 g/mol. The summed E-state index contributed by atoms with van der Waals surface area (Å²) in [6, 6.07) is 7.81. The van der Waals surface area contributed by atoms with Crippen LogP contribution in [-0.4, -0.2) is 38.9 Å². The molecule has 0 fully saturated rings. The van der Waals surface area contributed by atoms with E-state index >= 15 is 0 Å². The summed E-state index contributed by atoms with van der Waals surface area (Å²) < 4.78 is 24.7. The first-order chi connectivity index (χ1) is 10.2. The Bertz CT molecular complexity index is 757. The number of aryl methyl sites for hydroxylation is 1. The lowest BCUT2D eigenvalue weighted by molar-refractivity contribution is -0.113. The van der Waals surface area contributed by atoms with Crippen LogP contribution in [0.2, 0.25) is 0 Å². The lowest BCUT2D eigenvalue weighted by Crippen LogP contribution is -2.11. The van der Waals surface area contributed by atoms with Gasteiger partial charge in [-0.25, -0.2) is 8.42 Å². The standard InChI is InChI=1S/C16H19NO3S2/c1-11-5-7-13(8-6-11)21-14-10-22(19,20)15(9-17(3)4)16(14)12(2)18/h5-9H,10H2,1-4H3/b15-9-. The van der Waals surface area contributed by atoms with Gasteiger partial charge in [-0.3, -0.25) is 4.79 Å². The SMILES string of the molecule is CC(=O)C1=C(Sc2ccc(C)cc2)CS(=O)(=O)/C1=C\N(C)C. The summed E-state index contributed by atoms with van der Waals surface area (Å²) in [7, 11) is 0.0328. The molecule has 0 unspecified atom stereocenters. The van der Waals surface area contributed by atoms with Crippen molar-refractivity contribution < 1.29 is 13.2 Å². The summed E-state index contributed by atoms with van der Waals surface area (Å²) in [5, 5.41) is 0. The molecule has 0 amide bonds. The van der Waals surface area contributed by atoms with Crippen molar-refractivity contribution in [2.75, 3.05) is 19.8 Å². The predicted molar refractivity (Wildman–Crippen MR) is 90.3 cm³/mol. The second-order valence-electron chi connectivity index (χ2n) is 5.49. The molecule has 1 aliphatic heterocycles. The Balaban J connectivity index is 2.48. The highest BCUT2D eigenvalue weighted by Crippen LogP contribution is 2.40. The van der Waals surface area contributed by atoms with Gasteiger partial charge in [-0.2, -0.15) is 0 Å². The first kappa shape index (κ1) is 16.8. The number of hydrogen-bond donors (Lipinski definition) is 0. The topological polar surface area (TPSA) is 54.5 Å². The molecule has 0 bridgehead atoms. The molecular weight excluding hydrogens is 318 g/mol. The van der Waals surface area contributed by atoms with E-state index < -0.39 is 9.84 Å². The second-order valence-corrected chi connectivity index (χ2v) is 8.61. The highest BCUT2D eigenvalue weighted by molar-refractivity contribution is 8.05. The second kappa shape index (κ2) is 6.30. The molecular formula is C16H19NO3S2. The summed E-state index contributed by atoms with van der Waals surface area (Å²) in [5.74, 6) is -0.330. The zero-order valence-corrected chi connectivity index (χ0v) is 14.7. The number of carbonyl (C=O) groups excluding carboxylic acids is 1. The minimum atomic E-state index is -3.45. The number of sulfone groups is 1. The van der Waals surface area contributed by atoms with E-state index in [-0.39, 0.29) is 16.4 Å². The molecule has 1 heterocycles. The molecule has 1 aromatic carbocycles. The minimum absolute atomic E-state index is 0.111. The Morgan fingerprint density at radius 3 is 2.32 bits per heavy atom. The van der Waals surface area contributed by atoms with E-state index in [1.807, 2.05) is 31.2 Å². The number of hydrogen-bond acceptors (Lipinski definition) is 5. The molecule has 0 spiro atoms. The number of carbonyl (C=O) groups is 1. The smallest absolute Gasteiger partial charge is 0.185 e. The van der Waals surface area contributed by atoms with Crippen LogP contribution in [0.25, 0.3) is 0 Å². The Morgan fingerprint density at radius 1 is 1.23 bits per heavy atom. The van der Waals surface area contributed by atoms with Crippen molar-refractivity contribution in [3.63, 3.8) is 0 Å². The third-order valence-electron chi connectivity index (χ3n) is 3.17. The number of allylic oxidation sites excluding steroid dienone is 1. The van der Waals surface area contributed by atoms with E-state index in [9.17, 15) is 13.2 Å². The van der Waals surface area contributed by atoms with Gasteiger partial charge in [0.15, 0.2) is 15.6 Å². The van der Waals surface area contributed by atoms with Crippen LogP contribution in [0.4, 0.5) is 0 Å². The van der Waals surface area contributed by atoms with E-state index in [0.717, 1.165) is 10.5 Å². The van der Waals surface area contributed by atoms with Gasteiger partial charge < -0.3 is 4.90 Å². The van der Waals surface area contributed by atoms with E-state index in [1.165, 1.54) is 24.9 Å². The molecule has 118 valence electrons. The summed E-state index contributed by atoms with van der Waals surface area (Å²) in [6.45, 7) is 3.40. The van der Waals surface area contributed by atoms with Gasteiger partial charge in [-0.05, 0) is 26.0 Å². The van der Waals surface area contributed by atoms with Crippen LogP contribution >= 0.6 is 11.8 Å². The van der Waals surface area contributed by atoms with E-state index in [4.69, 9.17) is 0 Å². The molecule has 6 heteroatoms. The van der Waals surface area contributed by atoms with Crippen LogP contribution in [0.5, 0.6) is 0 Å². The molecule has 22 heavy (non-hydrogen) atoms. The molecule has 0 aliphatic carbocycles. The number of ketones is 1. The van der Waals surface area contributed by atoms with Crippen molar-refractivity contribution in [3.8, 4) is 0 Å². The zero-order chi connectivity index (χ0) is 16.5. The van der Waals surface area contributed by atoms with Gasteiger partial charge in [-0.1, -0.05) is 29.5 Å². The fraction of sp³-hybridized carbons (Fsp3) is 0.312. The normalized spacial score (nSPS) is 18.8. The number of Topliss-reactive ketones (excluding diaryl/α,β-unsaturated/α-hetero) is 1. The Morgan fingerprint density at radius 2 is 1.82 bits per heavy atom. The van der Waals surface area contributed by atoms with E-state index in [1.54, 1.807) is 19.0 Å². The highest BCUT2D eigenvalue weighted by atomic mass is 32.2. The van der Waals surface area contributed by atoms with E-state index in [2.05, 4.69) is 0 Å². The molecule has 2 rings (SSSR count). The van der Waals surface area contributed by atoms with Crippen molar-refractivity contribution >= 4 is 27.4 Å². The first-order valence-electron chi connectivity index (χ1n) is 6.80. The van der Waals surface area contributed by atoms with Crippen LogP contribution < -0.4 is 0 Å². The van der Waals surface area contributed by atoms with E-state index in [0.29, 0.717) is 10.5 Å². The summed E-state index contributed by atoms with van der Waals surface area (Å²) in [5.41, 5.74) is 1.46. The summed E-state index contributed by atoms with van der Waals surface area (Å²) >= 11 is 1.35. The van der Waals surface area contributed by atoms with Crippen molar-refractivity contribution in [1.82, 2.24) is 4.90 Å². The average molecular weight is 337 g/mol. The van der Waals surface area contributed by atoms with Gasteiger partial charge in [0.2, 0.25) is 0 Å². The maximum absolute atomic E-state index is 12.4. The fourth-order valence-electron chi connectivity index (χ4n) is 2.19. The fourth-order valence-corrected chi connectivity index (χ4v) is 5.47. The van der Waals surface area contributed by atoms with Crippen molar-refractivity contribution in [2.45, 2.75) is 18.7 Å². The summed E-state index contributed by atoms with van der Waals surface area (Å²) in [6.07, 6.45) is 1.51. The van der Waals surface area contributed by atoms with Gasteiger partial charge in [0, 0.05) is 35.7 Å². The quantitative estimate of drug-likeness (QED) is 0.845. The Kier molecular flexibility index (Phi) is 4.82. The molecule has 0 radical (unpaired) electrons. The Hall–Kier alpha value is -1.53. The third-order valence-corrected chi connectivity index (χ3v) is 6.10. The molecule has 0 saturated carbocycles. The van der Waals surface area contributed by atoms with Gasteiger partial charge in [0.05, 0.1) is 10.7 Å². The van der Waals surface area contributed by atoms with Gasteiger partial charge in [-0.15, -0.1) is 0 Å². The number of benzene rings is 1. The maximum atomic E-state index is 12.4. The summed E-state index contributed by atoms with van der Waals surface area (Å²) in [4.78, 5) is 15.3. The lowest BCUT2D eigenvalue weighted by Gasteiger charge is -2.08. The maximum Gasteiger partial charge on any atom is 0.185 e. The Labute approximate surface area is 135 Å². The van der Waals surface area contributed by atoms with Gasteiger partial charge in [0.1, 0.15) is 0 Å². The van der Waals surface area contributed by atoms with Crippen LogP contribution in [0.3, 0.4) is 0 Å². The molecule has 0 N–H and O–H groups in total. The zero-order valence-electron chi connectivity index (χ0n) is 13.1. The lowest BCUT2D eigenvalue weighted by atomic mass is 10.2. The highest BCUT2D eigenvalue weighted by Gasteiger charge is 2.36. The molecule has 0 atom stereocenters. The predicted octanol–water partition coefficient (Wildman–Crippen LogP) is 2.76. The number of thioether (sulfide) groups is 1. The first-order valence-corrected chi connectivity index (χ1v) is 9.27. The molecule has 0 aromatic heterocycles. The third kappa shape index (κ3) is 3.62. The minimum Gasteiger partial charge on any atom is -0.382 e. The number of nitrogens with zero attached hydrogens (tertiary/aromatic N) is 1. The molecule has 4 nitrogen and oxygen atoms in total. The van der Waals surface area contributed by atoms with Crippen LogP contribution in [0.1, 0.15) is 12.5 Å². The molecule has 1 aliphatic rings. The largest absolute Gasteiger partial charge is 0.382 e. The number of rotatable bonds is 4. The van der Waals surface area contributed by atoms with Crippen LogP contribution in [0.15, 0.2) is 50.7 Å². The van der Waals surface area contributed by atoms with Crippen LogP contribution in [0, 0.1) is 6.92 Å². The van der Waals surface area contributed by atoms with Crippen molar-refractivity contribution in [2.24, 2.45) is 0 Å².